The molecular formula is C20H24ClNO2. The van der Waals surface area contributed by atoms with Crippen molar-refractivity contribution in [3.63, 3.8) is 0 Å². The fourth-order valence-corrected chi connectivity index (χ4v) is 3.54. The number of quaternary nitrogens is 1. The normalized spacial score (nSPS) is 21.8. The molecule has 3 nitrogen and oxygen atoms in total. The van der Waals surface area contributed by atoms with Crippen LogP contribution >= 0.6 is 0 Å². The van der Waals surface area contributed by atoms with Gasteiger partial charge in [-0.15, -0.1) is 0 Å². The van der Waals surface area contributed by atoms with Crippen LogP contribution in [0.25, 0.3) is 0 Å². The van der Waals surface area contributed by atoms with Crippen molar-refractivity contribution in [3.05, 3.63) is 71.8 Å². The monoisotopic (exact) mass is 345 g/mol. The highest BCUT2D eigenvalue weighted by atomic mass is 35.5. The summed E-state index contributed by atoms with van der Waals surface area (Å²) in [7, 11) is 0. The molecule has 24 heavy (non-hydrogen) atoms. The van der Waals surface area contributed by atoms with Crippen LogP contribution in [0.2, 0.25) is 0 Å². The van der Waals surface area contributed by atoms with E-state index in [2.05, 4.69) is 60.7 Å². The zero-order valence-corrected chi connectivity index (χ0v) is 14.6. The largest absolute Gasteiger partial charge is 1.00 e. The summed E-state index contributed by atoms with van der Waals surface area (Å²) in [5.74, 6) is 0. The summed E-state index contributed by atoms with van der Waals surface area (Å²) in [6.07, 6.45) is 0.836. The summed E-state index contributed by atoms with van der Waals surface area (Å²) in [6.45, 7) is 6.04. The van der Waals surface area contributed by atoms with Crippen LogP contribution in [0.1, 0.15) is 11.1 Å². The Kier molecular flexibility index (Phi) is 5.57. The average molecular weight is 346 g/mol. The molecule has 0 N–H and O–H groups in total. The molecule has 0 spiro atoms. The molecule has 0 saturated carbocycles. The third-order valence-corrected chi connectivity index (χ3v) is 4.71. The third kappa shape index (κ3) is 4.81. The molecule has 2 atom stereocenters. The summed E-state index contributed by atoms with van der Waals surface area (Å²) in [6, 6.07) is 21.6. The second kappa shape index (κ2) is 7.66. The molecule has 0 radical (unpaired) electrons. The van der Waals surface area contributed by atoms with Crippen LogP contribution in [-0.4, -0.2) is 43.0 Å². The second-order valence-electron chi connectivity index (χ2n) is 6.90. The number of hydrogen-bond donors (Lipinski definition) is 0. The van der Waals surface area contributed by atoms with E-state index in [9.17, 15) is 0 Å². The predicted octanol–water partition coefficient (Wildman–Crippen LogP) is 0.00520. The number of rotatable bonds is 8. The number of benzene rings is 2. The molecule has 2 fully saturated rings. The smallest absolute Gasteiger partial charge is 0.130 e. The van der Waals surface area contributed by atoms with Gasteiger partial charge in [0.1, 0.15) is 38.4 Å². The second-order valence-corrected chi connectivity index (χ2v) is 6.90. The summed E-state index contributed by atoms with van der Waals surface area (Å²) in [4.78, 5) is 0. The molecule has 2 aliphatic heterocycles. The van der Waals surface area contributed by atoms with Crippen LogP contribution in [0.3, 0.4) is 0 Å². The fourth-order valence-electron chi connectivity index (χ4n) is 3.54. The van der Waals surface area contributed by atoms with Gasteiger partial charge in [-0.3, -0.25) is 0 Å². The number of ether oxygens (including phenoxy) is 2. The van der Waals surface area contributed by atoms with Crippen LogP contribution < -0.4 is 12.4 Å². The van der Waals surface area contributed by atoms with E-state index in [1.807, 2.05) is 0 Å². The Morgan fingerprint density at radius 2 is 1.08 bits per heavy atom. The first-order valence-corrected chi connectivity index (χ1v) is 8.48. The molecule has 2 heterocycles. The van der Waals surface area contributed by atoms with Crippen molar-refractivity contribution in [1.29, 1.82) is 0 Å². The number of epoxide rings is 2. The minimum Gasteiger partial charge on any atom is -1.00 e. The van der Waals surface area contributed by atoms with Gasteiger partial charge in [0, 0.05) is 11.1 Å². The first-order chi connectivity index (χ1) is 11.3. The molecule has 2 saturated heterocycles. The van der Waals surface area contributed by atoms with E-state index >= 15 is 0 Å². The number of nitrogens with zero attached hydrogens (tertiary/aromatic N) is 1. The summed E-state index contributed by atoms with van der Waals surface area (Å²) >= 11 is 0. The molecule has 0 bridgehead atoms. The molecule has 4 heteroatoms. The van der Waals surface area contributed by atoms with Gasteiger partial charge in [0.25, 0.3) is 0 Å². The van der Waals surface area contributed by atoms with E-state index < -0.39 is 0 Å². The Morgan fingerprint density at radius 1 is 0.708 bits per heavy atom. The molecule has 0 aliphatic carbocycles. The molecule has 0 amide bonds. The Balaban J connectivity index is 0.00000169. The fraction of sp³-hybridized carbons (Fsp3) is 0.400. The lowest BCUT2D eigenvalue weighted by atomic mass is 10.1. The standard InChI is InChI=1S/C20H24NO2.ClH/c1-3-7-17(8-4-1)11-21(13-19-15-22-19,14-20-16-23-20)12-18-9-5-2-6-10-18;/h1-10,19-20H,11-16H2;1H/q+1;/p-1. The molecule has 2 aromatic rings. The lowest BCUT2D eigenvalue weighted by molar-refractivity contribution is -0.954. The molecular weight excluding hydrogens is 322 g/mol. The van der Waals surface area contributed by atoms with Crippen LogP contribution in [0.5, 0.6) is 0 Å². The predicted molar refractivity (Wildman–Crippen MR) is 89.8 cm³/mol. The van der Waals surface area contributed by atoms with Crippen molar-refractivity contribution in [3.8, 4) is 0 Å². The maximum atomic E-state index is 5.58. The van der Waals surface area contributed by atoms with Gasteiger partial charge in [0.2, 0.25) is 0 Å². The summed E-state index contributed by atoms with van der Waals surface area (Å²) in [5.41, 5.74) is 2.79. The Morgan fingerprint density at radius 3 is 1.42 bits per heavy atom. The lowest BCUT2D eigenvalue weighted by Crippen LogP contribution is -3.00. The Hall–Kier alpha value is -1.39. The van der Waals surface area contributed by atoms with Crippen molar-refractivity contribution in [2.45, 2.75) is 25.3 Å². The van der Waals surface area contributed by atoms with Gasteiger partial charge in [0.05, 0.1) is 13.2 Å². The first kappa shape index (κ1) is 17.4. The van der Waals surface area contributed by atoms with Gasteiger partial charge in [-0.1, -0.05) is 60.7 Å². The van der Waals surface area contributed by atoms with Gasteiger partial charge in [0.15, 0.2) is 0 Å². The van der Waals surface area contributed by atoms with E-state index in [1.165, 1.54) is 11.1 Å². The molecule has 2 aliphatic rings. The van der Waals surface area contributed by atoms with Gasteiger partial charge < -0.3 is 26.4 Å². The van der Waals surface area contributed by atoms with Crippen molar-refractivity contribution < 1.29 is 26.4 Å². The van der Waals surface area contributed by atoms with Crippen LogP contribution in [0.4, 0.5) is 0 Å². The quantitative estimate of drug-likeness (QED) is 0.497. The van der Waals surface area contributed by atoms with Crippen molar-refractivity contribution in [2.24, 2.45) is 0 Å². The Bertz CT molecular complexity index is 569. The highest BCUT2D eigenvalue weighted by molar-refractivity contribution is 5.15. The van der Waals surface area contributed by atoms with Gasteiger partial charge in [-0.2, -0.15) is 0 Å². The van der Waals surface area contributed by atoms with Crippen molar-refractivity contribution in [2.75, 3.05) is 26.3 Å². The number of halogens is 1. The van der Waals surface area contributed by atoms with E-state index in [1.54, 1.807) is 0 Å². The number of hydrogen-bond acceptors (Lipinski definition) is 2. The van der Waals surface area contributed by atoms with Gasteiger partial charge in [-0.25, -0.2) is 0 Å². The zero-order chi connectivity index (χ0) is 15.5. The van der Waals surface area contributed by atoms with Gasteiger partial charge in [-0.05, 0) is 0 Å². The molecule has 2 aromatic carbocycles. The zero-order valence-electron chi connectivity index (χ0n) is 13.8. The molecule has 0 aromatic heterocycles. The highest BCUT2D eigenvalue weighted by Crippen LogP contribution is 2.28. The lowest BCUT2D eigenvalue weighted by Gasteiger charge is -2.38. The van der Waals surface area contributed by atoms with Crippen molar-refractivity contribution in [1.82, 2.24) is 0 Å². The van der Waals surface area contributed by atoms with E-state index in [0.717, 1.165) is 43.9 Å². The first-order valence-electron chi connectivity index (χ1n) is 8.48. The average Bonchev–Trinajstić information content (AvgIpc) is 3.47. The third-order valence-electron chi connectivity index (χ3n) is 4.71. The van der Waals surface area contributed by atoms with Crippen LogP contribution in [0.15, 0.2) is 60.7 Å². The molecule has 4 rings (SSSR count). The molecule has 128 valence electrons. The van der Waals surface area contributed by atoms with Crippen LogP contribution in [-0.2, 0) is 22.6 Å². The van der Waals surface area contributed by atoms with E-state index in [4.69, 9.17) is 9.47 Å². The van der Waals surface area contributed by atoms with E-state index in [0.29, 0.717) is 12.2 Å². The highest BCUT2D eigenvalue weighted by Gasteiger charge is 2.42. The minimum atomic E-state index is 0. The van der Waals surface area contributed by atoms with E-state index in [-0.39, 0.29) is 12.4 Å². The maximum absolute atomic E-state index is 5.58. The SMILES string of the molecule is [Cl-].c1ccc(C[N+](Cc2ccccc2)(CC2CO2)CC2CO2)cc1. The molecule has 2 unspecified atom stereocenters. The maximum Gasteiger partial charge on any atom is 0.130 e. The van der Waals surface area contributed by atoms with Crippen molar-refractivity contribution >= 4 is 0 Å². The summed E-state index contributed by atoms with van der Waals surface area (Å²) in [5, 5.41) is 0. The van der Waals surface area contributed by atoms with Crippen LogP contribution in [0, 0.1) is 0 Å². The Labute approximate surface area is 150 Å². The summed E-state index contributed by atoms with van der Waals surface area (Å²) < 4.78 is 12.2. The minimum absolute atomic E-state index is 0. The van der Waals surface area contributed by atoms with Gasteiger partial charge >= 0.3 is 0 Å². The topological polar surface area (TPSA) is 25.1 Å².